The van der Waals surface area contributed by atoms with Crippen molar-refractivity contribution in [2.24, 2.45) is 0 Å². The second kappa shape index (κ2) is 26.4. The first-order valence-electron chi connectivity index (χ1n) is 18.6. The summed E-state index contributed by atoms with van der Waals surface area (Å²) < 4.78 is 76.6. The van der Waals surface area contributed by atoms with E-state index in [-0.39, 0.29) is 81.5 Å². The summed E-state index contributed by atoms with van der Waals surface area (Å²) in [5, 5.41) is 0. The molecule has 8 radical (unpaired) electrons. The molecule has 4 aliphatic heterocycles. The zero-order chi connectivity index (χ0) is 41.7. The topological polar surface area (TPSA) is 196 Å². The van der Waals surface area contributed by atoms with E-state index >= 15 is 0 Å². The van der Waals surface area contributed by atoms with Crippen LogP contribution in [0.4, 0.5) is 0 Å². The molecule has 0 spiro atoms. The number of hydrogen-bond donors (Lipinski definition) is 1. The van der Waals surface area contributed by atoms with Crippen molar-refractivity contribution in [1.82, 2.24) is 0 Å². The average molecular weight is 867 g/mol. The van der Waals surface area contributed by atoms with Crippen LogP contribution in [0, 0.1) is 0 Å². The summed E-state index contributed by atoms with van der Waals surface area (Å²) >= 11 is 4.88. The van der Waals surface area contributed by atoms with Crippen LogP contribution in [0.25, 0.3) is 0 Å². The van der Waals surface area contributed by atoms with Gasteiger partial charge in [-0.2, -0.15) is 12.6 Å². The van der Waals surface area contributed by atoms with Crippen molar-refractivity contribution in [3.63, 3.8) is 0 Å². The van der Waals surface area contributed by atoms with E-state index in [2.05, 4.69) is 17.2 Å². The number of rotatable bonds is 18. The van der Waals surface area contributed by atoms with Crippen LogP contribution in [-0.4, -0.2) is 153 Å². The Balaban J connectivity index is 0.000000459. The van der Waals surface area contributed by atoms with Crippen molar-refractivity contribution < 1.29 is 70.8 Å². The molecule has 0 bridgehead atoms. The first kappa shape index (κ1) is 54.9. The van der Waals surface area contributed by atoms with Gasteiger partial charge in [0, 0.05) is 35.5 Å². The standard InChI is InChI=1S/C16H29B2O7PS.C8H16BO6P.C8H15BO2S.CH4/c1-9(2)21-7-13-12(6-16(18)23-13)25-26(19,20)27-8-14-11(22-10(3)4)5-15(17)24-14;1-5(2)13-4-7-6(3-8(9)14-7)15-16(10,11)12;1-5(2)10-6-3-8(9)11-7(6)4-12;/h9-16H,5-8H2,1-4H3,(H,19,20);5-8H,3-4H2,1-2H3,(H2,10,11,12);5-8,12H,3-4H2,1-2H3;1H4/p-3/t11?,12?,13-,14-,15-,16-;2*6?,7-,8-;/m111./s1. The van der Waals surface area contributed by atoms with Crippen LogP contribution in [0.2, 0.25) is 0 Å². The Labute approximate surface area is 350 Å². The maximum absolute atomic E-state index is 12.4. The van der Waals surface area contributed by atoms with E-state index in [9.17, 15) is 23.8 Å². The third kappa shape index (κ3) is 22.1. The molecule has 0 N–H and O–H groups in total. The smallest absolute Gasteiger partial charge is 0.192 e. The molecule has 0 saturated carbocycles. The van der Waals surface area contributed by atoms with Gasteiger partial charge in [-0.3, -0.25) is 4.57 Å². The fourth-order valence-corrected chi connectivity index (χ4v) is 9.52. The van der Waals surface area contributed by atoms with Crippen molar-refractivity contribution in [2.75, 3.05) is 24.7 Å². The summed E-state index contributed by atoms with van der Waals surface area (Å²) in [7, 11) is 17.7. The van der Waals surface area contributed by atoms with Crippen LogP contribution in [0.1, 0.15) is 88.5 Å². The highest BCUT2D eigenvalue weighted by Crippen LogP contribution is 2.55. The van der Waals surface area contributed by atoms with Gasteiger partial charge >= 0.3 is 0 Å². The van der Waals surface area contributed by atoms with Crippen LogP contribution in [0.3, 0.4) is 0 Å². The lowest BCUT2D eigenvalue weighted by molar-refractivity contribution is -0.345. The Hall–Kier alpha value is 0.900. The summed E-state index contributed by atoms with van der Waals surface area (Å²) in [6, 6.07) is -1.82. The molecule has 0 aromatic carbocycles. The van der Waals surface area contributed by atoms with E-state index in [0.717, 1.165) is 6.42 Å². The lowest BCUT2D eigenvalue weighted by Gasteiger charge is -2.33. The average Bonchev–Trinajstić information content (AvgIpc) is 3.77. The molecule has 15 nitrogen and oxygen atoms in total. The largest absolute Gasteiger partial charge is 0.790 e. The Kier molecular flexibility index (Phi) is 25.9. The molecule has 4 heterocycles. The second-order valence-corrected chi connectivity index (χ2v) is 19.9. The Morgan fingerprint density at radius 1 is 0.607 bits per heavy atom. The number of phosphoric acid groups is 1. The van der Waals surface area contributed by atoms with Crippen LogP contribution in [0.5, 0.6) is 0 Å². The maximum Gasteiger partial charge on any atom is 0.192 e. The van der Waals surface area contributed by atoms with Crippen molar-refractivity contribution in [1.29, 1.82) is 0 Å². The number of hydrogen-bond acceptors (Lipinski definition) is 17. The van der Waals surface area contributed by atoms with Crippen LogP contribution in [0.15, 0.2) is 0 Å². The summed E-state index contributed by atoms with van der Waals surface area (Å²) in [6.07, 6.45) is -1.11. The zero-order valence-corrected chi connectivity index (χ0v) is 36.6. The molecule has 320 valence electrons. The molecule has 56 heavy (non-hydrogen) atoms. The van der Waals surface area contributed by atoms with Gasteiger partial charge in [-0.05, 0) is 81.1 Å². The van der Waals surface area contributed by atoms with Gasteiger partial charge in [0.25, 0.3) is 0 Å². The molecule has 4 saturated heterocycles. The molecule has 0 aromatic rings. The highest BCUT2D eigenvalue weighted by atomic mass is 32.7. The van der Waals surface area contributed by atoms with Gasteiger partial charge in [0.15, 0.2) is 6.80 Å². The summed E-state index contributed by atoms with van der Waals surface area (Å²) in [5.74, 6) is 0.851. The molecule has 0 aromatic heterocycles. The number of phosphoric ester groups is 1. The highest BCUT2D eigenvalue weighted by molar-refractivity contribution is 8.54. The predicted octanol–water partition coefficient (Wildman–Crippen LogP) is 1.90. The van der Waals surface area contributed by atoms with Crippen molar-refractivity contribution >= 4 is 70.0 Å². The minimum atomic E-state index is -5.02. The highest BCUT2D eigenvalue weighted by Gasteiger charge is 2.39. The quantitative estimate of drug-likeness (QED) is 0.119. The molecular formula is C33H61B4O15P2S2-3. The Morgan fingerprint density at radius 2 is 0.964 bits per heavy atom. The summed E-state index contributed by atoms with van der Waals surface area (Å²) in [5.41, 5.74) is 0. The van der Waals surface area contributed by atoms with E-state index in [1.807, 2.05) is 55.4 Å². The van der Waals surface area contributed by atoms with E-state index in [1.165, 1.54) is 0 Å². The van der Waals surface area contributed by atoms with Crippen LogP contribution < -0.4 is 14.7 Å². The first-order chi connectivity index (χ1) is 25.5. The van der Waals surface area contributed by atoms with Gasteiger partial charge in [0.1, 0.15) is 43.6 Å². The summed E-state index contributed by atoms with van der Waals surface area (Å²) in [4.78, 5) is 33.4. The normalized spacial score (nSPS) is 34.3. The lowest BCUT2D eigenvalue weighted by Crippen LogP contribution is -2.32. The van der Waals surface area contributed by atoms with E-state index in [4.69, 9.17) is 73.8 Å². The molecule has 23 heteroatoms. The first-order valence-corrected chi connectivity index (χ1v) is 23.8. The van der Waals surface area contributed by atoms with E-state index in [0.29, 0.717) is 30.0 Å². The van der Waals surface area contributed by atoms with E-state index < -0.39 is 63.2 Å². The maximum atomic E-state index is 12.4. The monoisotopic (exact) mass is 867 g/mol. The fourth-order valence-electron chi connectivity index (χ4n) is 5.90. The minimum Gasteiger partial charge on any atom is -0.790 e. The van der Waals surface area contributed by atoms with Gasteiger partial charge in [0.05, 0.1) is 82.1 Å². The molecule has 0 aliphatic carbocycles. The van der Waals surface area contributed by atoms with Gasteiger partial charge in [-0.15, -0.1) is 0 Å². The molecule has 4 aliphatic rings. The van der Waals surface area contributed by atoms with Crippen molar-refractivity contribution in [3.8, 4) is 0 Å². The van der Waals surface area contributed by atoms with Crippen LogP contribution >= 0.6 is 38.6 Å². The third-order valence-corrected chi connectivity index (χ3v) is 12.0. The van der Waals surface area contributed by atoms with Gasteiger partial charge in [-0.25, -0.2) is 0 Å². The predicted molar refractivity (Wildman–Crippen MR) is 216 cm³/mol. The summed E-state index contributed by atoms with van der Waals surface area (Å²) in [6.45, 7) is 11.5. The molecule has 5 unspecified atom stereocenters. The van der Waals surface area contributed by atoms with Crippen LogP contribution in [-0.2, 0) is 56.1 Å². The van der Waals surface area contributed by atoms with Crippen molar-refractivity contribution in [2.45, 2.75) is 186 Å². The molecular weight excluding hydrogens is 806 g/mol. The number of thiol groups is 1. The van der Waals surface area contributed by atoms with E-state index in [1.54, 1.807) is 0 Å². The Morgan fingerprint density at radius 3 is 1.34 bits per heavy atom. The molecule has 0 amide bonds. The Bertz CT molecular complexity index is 1180. The third-order valence-electron chi connectivity index (χ3n) is 8.10. The minimum absolute atomic E-state index is 0. The zero-order valence-electron chi connectivity index (χ0n) is 33.1. The second-order valence-electron chi connectivity index (χ2n) is 14.7. The van der Waals surface area contributed by atoms with Crippen molar-refractivity contribution in [3.05, 3.63) is 0 Å². The fraction of sp³-hybridized carbons (Fsp3) is 1.00. The van der Waals surface area contributed by atoms with Gasteiger partial charge in [0.2, 0.25) is 0 Å². The molecule has 4 fully saturated rings. The SMILES string of the molecule is C.[B][C@H]1CC(OC(C)C)[C@@H](CS)O1.[B][C@H]1CC(OC(C)C)[C@@H](CSP(=O)([O-])OC2C[C@H]([B])O[C@@H]2COC(C)C)O1.[B][C@H]1CC(OP(=O)([O-])[O-])[C@@H](COC(C)C)O1. The number of ether oxygens (including phenoxy) is 8. The lowest BCUT2D eigenvalue weighted by atomic mass is 9.96. The van der Waals surface area contributed by atoms with Gasteiger partial charge in [-0.1, -0.05) is 18.8 Å². The molecule has 13 atom stereocenters. The van der Waals surface area contributed by atoms with Gasteiger partial charge < -0.3 is 66.2 Å². The molecule has 4 rings (SSSR count).